The van der Waals surface area contributed by atoms with Crippen LogP contribution >= 0.6 is 0 Å². The van der Waals surface area contributed by atoms with Crippen molar-refractivity contribution in [3.8, 4) is 0 Å². The lowest BCUT2D eigenvalue weighted by Gasteiger charge is -2.34. The molecule has 0 radical (unpaired) electrons. The van der Waals surface area contributed by atoms with Crippen LogP contribution < -0.4 is 10.6 Å². The summed E-state index contributed by atoms with van der Waals surface area (Å²) in [4.78, 5) is 58.8. The number of nitrogens with zero attached hydrogens (tertiary/aromatic N) is 4. The van der Waals surface area contributed by atoms with E-state index < -0.39 is 17.2 Å². The number of rotatable bonds is 11. The van der Waals surface area contributed by atoms with Gasteiger partial charge in [0, 0.05) is 43.9 Å². The molecule has 1 atom stereocenters. The molecule has 11 nitrogen and oxygen atoms in total. The van der Waals surface area contributed by atoms with Gasteiger partial charge in [0.15, 0.2) is 0 Å². The van der Waals surface area contributed by atoms with E-state index in [-0.39, 0.29) is 24.3 Å². The van der Waals surface area contributed by atoms with Crippen molar-refractivity contribution >= 4 is 35.5 Å². The van der Waals surface area contributed by atoms with Gasteiger partial charge in [0.2, 0.25) is 0 Å². The van der Waals surface area contributed by atoms with Crippen molar-refractivity contribution in [1.29, 1.82) is 0 Å². The fraction of sp³-hybridized carbons (Fsp3) is 0.356. The SMILES string of the molecule is CCCN(OCC)C(=O)C1=Cc2ncc(C(=O)N3CCC[C@H](NC(=O)OC(C)(C)C)C3)cc2NC(=NC(c2ccccc2)(c2ccccc2)c2ccccc2)C1. The van der Waals surface area contributed by atoms with Crippen LogP contribution in [0.2, 0.25) is 0 Å². The molecule has 0 saturated carbocycles. The second-order valence-corrected chi connectivity index (χ2v) is 15.1. The molecule has 3 aromatic carbocycles. The smallest absolute Gasteiger partial charge is 0.407 e. The lowest BCUT2D eigenvalue weighted by molar-refractivity contribution is -0.180. The van der Waals surface area contributed by atoms with Gasteiger partial charge < -0.3 is 20.3 Å². The lowest BCUT2D eigenvalue weighted by Crippen LogP contribution is -2.50. The highest BCUT2D eigenvalue weighted by atomic mass is 16.7. The summed E-state index contributed by atoms with van der Waals surface area (Å²) in [6.07, 6.45) is 5.12. The Kier molecular flexibility index (Phi) is 12.6. The van der Waals surface area contributed by atoms with E-state index in [4.69, 9.17) is 19.6 Å². The predicted octanol–water partition coefficient (Wildman–Crippen LogP) is 7.99. The Morgan fingerprint density at radius 3 is 2.09 bits per heavy atom. The van der Waals surface area contributed by atoms with Gasteiger partial charge in [-0.3, -0.25) is 24.4 Å². The van der Waals surface area contributed by atoms with Crippen molar-refractivity contribution in [2.24, 2.45) is 4.99 Å². The van der Waals surface area contributed by atoms with Crippen molar-refractivity contribution in [1.82, 2.24) is 20.3 Å². The number of likely N-dealkylation sites (tertiary alicyclic amines) is 1. The minimum atomic E-state index is -1.02. The zero-order chi connectivity index (χ0) is 39.7. The van der Waals surface area contributed by atoms with Crippen molar-refractivity contribution in [2.45, 2.75) is 77.5 Å². The van der Waals surface area contributed by atoms with Crippen LogP contribution in [0.3, 0.4) is 0 Å². The molecule has 3 heterocycles. The van der Waals surface area contributed by atoms with Gasteiger partial charge in [-0.05, 0) is 75.8 Å². The molecule has 292 valence electrons. The fourth-order valence-corrected chi connectivity index (χ4v) is 7.22. The van der Waals surface area contributed by atoms with Gasteiger partial charge in [-0.15, -0.1) is 0 Å². The third kappa shape index (κ3) is 9.34. The average Bonchev–Trinajstić information content (AvgIpc) is 3.38. The molecule has 4 aromatic rings. The van der Waals surface area contributed by atoms with Crippen LogP contribution in [0.4, 0.5) is 10.5 Å². The summed E-state index contributed by atoms with van der Waals surface area (Å²) in [5.41, 5.74) is 3.03. The van der Waals surface area contributed by atoms with Gasteiger partial charge in [0.05, 0.1) is 23.6 Å². The number of carbonyl (C=O) groups is 3. The van der Waals surface area contributed by atoms with Gasteiger partial charge in [-0.2, -0.15) is 0 Å². The number of piperidine rings is 1. The molecular weight excluding hydrogens is 705 g/mol. The second-order valence-electron chi connectivity index (χ2n) is 15.1. The molecule has 0 bridgehead atoms. The number of hydrogen-bond acceptors (Lipinski definition) is 7. The summed E-state index contributed by atoms with van der Waals surface area (Å²) < 4.78 is 5.47. The molecule has 0 aliphatic carbocycles. The number of benzene rings is 3. The van der Waals surface area contributed by atoms with Crippen LogP contribution in [-0.4, -0.2) is 76.6 Å². The highest BCUT2D eigenvalue weighted by molar-refractivity contribution is 6.10. The summed E-state index contributed by atoms with van der Waals surface area (Å²) in [6, 6.07) is 31.9. The van der Waals surface area contributed by atoms with E-state index in [0.29, 0.717) is 61.0 Å². The summed E-state index contributed by atoms with van der Waals surface area (Å²) in [6.45, 7) is 10.9. The number of hydrogen-bond donors (Lipinski definition) is 2. The zero-order valence-corrected chi connectivity index (χ0v) is 33.0. The molecule has 1 saturated heterocycles. The number of hydroxylamine groups is 2. The number of aromatic nitrogens is 1. The van der Waals surface area contributed by atoms with E-state index in [1.54, 1.807) is 23.2 Å². The maximum absolute atomic E-state index is 14.2. The molecular formula is C45H52N6O5. The largest absolute Gasteiger partial charge is 0.444 e. The fourth-order valence-electron chi connectivity index (χ4n) is 7.22. The molecule has 2 aliphatic rings. The summed E-state index contributed by atoms with van der Waals surface area (Å²) in [5.74, 6) is 0.0249. The van der Waals surface area contributed by atoms with Crippen molar-refractivity contribution in [3.63, 3.8) is 0 Å². The Balaban J connectivity index is 1.44. The second kappa shape index (κ2) is 17.8. The number of carbonyl (C=O) groups excluding carboxylic acids is 3. The Morgan fingerprint density at radius 2 is 1.54 bits per heavy atom. The topological polar surface area (TPSA) is 125 Å². The number of fused-ring (bicyclic) bond motifs is 1. The highest BCUT2D eigenvalue weighted by Gasteiger charge is 2.38. The first-order valence-corrected chi connectivity index (χ1v) is 19.5. The molecule has 2 aliphatic heterocycles. The standard InChI is InChI=1S/C45H52N6O5/c1-6-25-51(55-7-2)42(53)32-27-38-39(28-33(30-46-38)41(52)50-26-17-24-37(31-50)47-43(54)56-44(3,4)5)48-40(29-32)49-45(34-18-11-8-12-19-34,35-20-13-9-14-21-35)36-22-15-10-16-23-36/h8-16,18-23,27-28,30,37H,6-7,17,24-26,29,31H2,1-5H3,(H,47,54)(H,48,49)/t37-/m0/s1. The maximum Gasteiger partial charge on any atom is 0.407 e. The molecule has 6 rings (SSSR count). The van der Waals surface area contributed by atoms with Crippen LogP contribution in [0.15, 0.2) is 114 Å². The van der Waals surface area contributed by atoms with Crippen LogP contribution in [0.5, 0.6) is 0 Å². The molecule has 2 N–H and O–H groups in total. The maximum atomic E-state index is 14.2. The van der Waals surface area contributed by atoms with Crippen LogP contribution in [0.25, 0.3) is 6.08 Å². The van der Waals surface area contributed by atoms with E-state index in [9.17, 15) is 14.4 Å². The van der Waals surface area contributed by atoms with Gasteiger partial charge >= 0.3 is 6.09 Å². The van der Waals surface area contributed by atoms with Gasteiger partial charge in [0.1, 0.15) is 17.0 Å². The number of anilines is 1. The Labute approximate surface area is 329 Å². The van der Waals surface area contributed by atoms with E-state index in [0.717, 1.165) is 29.5 Å². The van der Waals surface area contributed by atoms with E-state index >= 15 is 0 Å². The van der Waals surface area contributed by atoms with Crippen LogP contribution in [0.1, 0.15) is 93.0 Å². The highest BCUT2D eigenvalue weighted by Crippen LogP contribution is 2.41. The van der Waals surface area contributed by atoms with Gasteiger partial charge in [0.25, 0.3) is 11.8 Å². The average molecular weight is 757 g/mol. The number of amidine groups is 1. The minimum absolute atomic E-state index is 0.143. The van der Waals surface area contributed by atoms with Crippen LogP contribution in [-0.2, 0) is 19.9 Å². The molecule has 0 spiro atoms. The van der Waals surface area contributed by atoms with E-state index in [2.05, 4.69) is 47.0 Å². The van der Waals surface area contributed by atoms with E-state index in [1.165, 1.54) is 5.06 Å². The van der Waals surface area contributed by atoms with Crippen molar-refractivity contribution in [2.75, 3.05) is 31.6 Å². The molecule has 0 unspecified atom stereocenters. The molecule has 56 heavy (non-hydrogen) atoms. The number of nitrogens with one attached hydrogen (secondary N) is 2. The first-order chi connectivity index (χ1) is 27.0. The Morgan fingerprint density at radius 1 is 0.929 bits per heavy atom. The molecule has 3 amide bonds. The molecule has 1 fully saturated rings. The monoisotopic (exact) mass is 756 g/mol. The van der Waals surface area contributed by atoms with Gasteiger partial charge in [-0.1, -0.05) is 97.9 Å². The summed E-state index contributed by atoms with van der Waals surface area (Å²) in [5, 5.41) is 7.88. The zero-order valence-electron chi connectivity index (χ0n) is 33.0. The third-order valence-electron chi connectivity index (χ3n) is 9.63. The third-order valence-corrected chi connectivity index (χ3v) is 9.63. The lowest BCUT2D eigenvalue weighted by atomic mass is 9.77. The van der Waals surface area contributed by atoms with Gasteiger partial charge in [-0.25, -0.2) is 9.86 Å². The minimum Gasteiger partial charge on any atom is -0.444 e. The van der Waals surface area contributed by atoms with E-state index in [1.807, 2.05) is 89.2 Å². The molecule has 11 heteroatoms. The normalized spacial score (nSPS) is 16.5. The number of aliphatic imine (C=N–C) groups is 1. The quantitative estimate of drug-likeness (QED) is 0.117. The number of pyridine rings is 1. The summed E-state index contributed by atoms with van der Waals surface area (Å²) >= 11 is 0. The Hall–Kier alpha value is -5.81. The number of ether oxygens (including phenoxy) is 1. The van der Waals surface area contributed by atoms with Crippen LogP contribution in [0, 0.1) is 0 Å². The summed E-state index contributed by atoms with van der Waals surface area (Å²) in [7, 11) is 0. The number of amides is 3. The van der Waals surface area contributed by atoms with Crippen molar-refractivity contribution < 1.29 is 24.0 Å². The first-order valence-electron chi connectivity index (χ1n) is 19.5. The molecule has 1 aromatic heterocycles. The first kappa shape index (κ1) is 39.9. The Bertz CT molecular complexity index is 1940. The predicted molar refractivity (Wildman–Crippen MR) is 219 cm³/mol. The van der Waals surface area contributed by atoms with Crippen molar-refractivity contribution in [3.05, 3.63) is 137 Å². The number of alkyl carbamates (subject to hydrolysis) is 1.